The highest BCUT2D eigenvalue weighted by molar-refractivity contribution is 5.96. The molecule has 78 valence electrons. The van der Waals surface area contributed by atoms with Gasteiger partial charge in [0.15, 0.2) is 5.84 Å². The number of aromatic nitrogens is 2. The fourth-order valence-electron chi connectivity index (χ4n) is 1.28. The molecule has 1 rings (SSSR count). The fourth-order valence-corrected chi connectivity index (χ4v) is 1.28. The Morgan fingerprint density at radius 1 is 1.64 bits per heavy atom. The van der Waals surface area contributed by atoms with Crippen molar-refractivity contribution in [2.24, 2.45) is 17.9 Å². The zero-order chi connectivity index (χ0) is 10.6. The molecule has 5 nitrogen and oxygen atoms in total. The third-order valence-electron chi connectivity index (χ3n) is 1.99. The van der Waals surface area contributed by atoms with E-state index >= 15 is 0 Å². The van der Waals surface area contributed by atoms with Crippen LogP contribution >= 0.6 is 0 Å². The summed E-state index contributed by atoms with van der Waals surface area (Å²) >= 11 is 0. The topological polar surface area (TPSA) is 68.2 Å². The average molecular weight is 195 g/mol. The van der Waals surface area contributed by atoms with Crippen molar-refractivity contribution < 1.29 is 0 Å². The zero-order valence-electron chi connectivity index (χ0n) is 8.91. The largest absolute Gasteiger partial charge is 0.307 e. The molecule has 1 aromatic rings. The zero-order valence-corrected chi connectivity index (χ0v) is 8.91. The van der Waals surface area contributed by atoms with Gasteiger partial charge >= 0.3 is 0 Å². The van der Waals surface area contributed by atoms with Gasteiger partial charge in [-0.15, -0.1) is 0 Å². The number of amidine groups is 1. The number of aliphatic imine (C=N–C) groups is 1. The second kappa shape index (κ2) is 4.76. The van der Waals surface area contributed by atoms with E-state index in [-0.39, 0.29) is 0 Å². The number of nitrogens with zero attached hydrogens (tertiary/aromatic N) is 3. The van der Waals surface area contributed by atoms with E-state index < -0.39 is 0 Å². The minimum absolute atomic E-state index is 0.683. The second-order valence-corrected chi connectivity index (χ2v) is 2.97. The van der Waals surface area contributed by atoms with Gasteiger partial charge in [0.25, 0.3) is 0 Å². The maximum absolute atomic E-state index is 5.39. The van der Waals surface area contributed by atoms with Crippen molar-refractivity contribution in [2.75, 3.05) is 6.54 Å². The van der Waals surface area contributed by atoms with E-state index in [2.05, 4.69) is 22.4 Å². The lowest BCUT2D eigenvalue weighted by Crippen LogP contribution is -2.32. The molecule has 0 saturated heterocycles. The lowest BCUT2D eigenvalue weighted by molar-refractivity contribution is 0.734. The maximum atomic E-state index is 5.39. The van der Waals surface area contributed by atoms with Gasteiger partial charge < -0.3 is 5.43 Å². The smallest absolute Gasteiger partial charge is 0.161 e. The van der Waals surface area contributed by atoms with Gasteiger partial charge in [-0.25, -0.2) is 5.84 Å². The molecule has 0 saturated carbocycles. The molecule has 0 aromatic carbocycles. The highest BCUT2D eigenvalue weighted by Crippen LogP contribution is 2.04. The van der Waals surface area contributed by atoms with E-state index in [1.54, 1.807) is 4.68 Å². The molecule has 0 atom stereocenters. The Labute approximate surface area is 84.0 Å². The van der Waals surface area contributed by atoms with Crippen LogP contribution in [0.25, 0.3) is 0 Å². The number of hydrazine groups is 1. The van der Waals surface area contributed by atoms with E-state index in [4.69, 9.17) is 5.84 Å². The number of rotatable bonds is 3. The minimum Gasteiger partial charge on any atom is -0.307 e. The number of aryl methyl sites for hydroxylation is 2. The monoisotopic (exact) mass is 195 g/mol. The quantitative estimate of drug-likeness (QED) is 0.313. The number of nitrogens with one attached hydrogen (secondary N) is 1. The molecular weight excluding hydrogens is 178 g/mol. The normalized spacial score (nSPS) is 11.9. The van der Waals surface area contributed by atoms with Gasteiger partial charge in [-0.2, -0.15) is 5.10 Å². The molecule has 0 spiro atoms. The average Bonchev–Trinajstić information content (AvgIpc) is 2.56. The molecule has 0 bridgehead atoms. The lowest BCUT2D eigenvalue weighted by Gasteiger charge is -2.04. The third kappa shape index (κ3) is 2.11. The fraction of sp³-hybridized carbons (Fsp3) is 0.556. The Morgan fingerprint density at radius 2 is 2.36 bits per heavy atom. The van der Waals surface area contributed by atoms with Gasteiger partial charge in [0.2, 0.25) is 0 Å². The molecule has 1 heterocycles. The molecule has 0 amide bonds. The second-order valence-electron chi connectivity index (χ2n) is 2.97. The van der Waals surface area contributed by atoms with Crippen molar-refractivity contribution >= 4 is 5.84 Å². The van der Waals surface area contributed by atoms with Crippen molar-refractivity contribution in [2.45, 2.75) is 20.3 Å². The van der Waals surface area contributed by atoms with Gasteiger partial charge in [0.05, 0.1) is 5.69 Å². The number of nitrogens with two attached hydrogens (primary N) is 1. The lowest BCUT2D eigenvalue weighted by atomic mass is 10.3. The van der Waals surface area contributed by atoms with Crippen LogP contribution in [0.5, 0.6) is 0 Å². The van der Waals surface area contributed by atoms with Gasteiger partial charge in [-0.1, -0.05) is 6.92 Å². The van der Waals surface area contributed by atoms with Crippen molar-refractivity contribution in [3.63, 3.8) is 0 Å². The van der Waals surface area contributed by atoms with Gasteiger partial charge in [0, 0.05) is 13.6 Å². The van der Waals surface area contributed by atoms with E-state index in [0.717, 1.165) is 17.8 Å². The summed E-state index contributed by atoms with van der Waals surface area (Å²) in [7, 11) is 1.89. The van der Waals surface area contributed by atoms with Crippen molar-refractivity contribution in [3.05, 3.63) is 17.5 Å². The molecular formula is C9H17N5. The summed E-state index contributed by atoms with van der Waals surface area (Å²) in [4.78, 5) is 4.24. The molecule has 14 heavy (non-hydrogen) atoms. The molecule has 1 aromatic heterocycles. The maximum Gasteiger partial charge on any atom is 0.161 e. The van der Waals surface area contributed by atoms with Crippen LogP contribution in [0.15, 0.2) is 11.1 Å². The summed E-state index contributed by atoms with van der Waals surface area (Å²) in [6.07, 6.45) is 0.915. The van der Waals surface area contributed by atoms with Crippen LogP contribution in [0.4, 0.5) is 0 Å². The molecule has 0 radical (unpaired) electrons. The molecule has 0 aliphatic heterocycles. The third-order valence-corrected chi connectivity index (χ3v) is 1.99. The summed E-state index contributed by atoms with van der Waals surface area (Å²) in [5.74, 6) is 6.07. The van der Waals surface area contributed by atoms with Crippen LogP contribution in [0.1, 0.15) is 25.2 Å². The van der Waals surface area contributed by atoms with Gasteiger partial charge in [0.1, 0.15) is 5.69 Å². The first-order valence-electron chi connectivity index (χ1n) is 4.77. The highest BCUT2D eigenvalue weighted by Gasteiger charge is 2.08. The Bertz CT molecular complexity index is 326. The van der Waals surface area contributed by atoms with E-state index in [1.807, 2.05) is 20.0 Å². The van der Waals surface area contributed by atoms with Crippen molar-refractivity contribution in [1.29, 1.82) is 0 Å². The van der Waals surface area contributed by atoms with E-state index in [9.17, 15) is 0 Å². The Balaban J connectivity index is 3.03. The summed E-state index contributed by atoms with van der Waals surface area (Å²) in [5.41, 5.74) is 4.55. The van der Waals surface area contributed by atoms with Crippen molar-refractivity contribution in [1.82, 2.24) is 15.2 Å². The summed E-state index contributed by atoms with van der Waals surface area (Å²) in [5, 5.41) is 4.32. The predicted molar refractivity (Wildman–Crippen MR) is 57.0 cm³/mol. The SMILES string of the molecule is CCN=C(NN)c1cc(CC)nn1C. The number of hydrogen-bond acceptors (Lipinski definition) is 3. The summed E-state index contributed by atoms with van der Waals surface area (Å²) < 4.78 is 1.78. The summed E-state index contributed by atoms with van der Waals surface area (Å²) in [6.45, 7) is 4.74. The van der Waals surface area contributed by atoms with Crippen molar-refractivity contribution in [3.8, 4) is 0 Å². The number of hydrogen-bond donors (Lipinski definition) is 2. The van der Waals surface area contributed by atoms with Gasteiger partial charge in [-0.05, 0) is 19.4 Å². The van der Waals surface area contributed by atoms with Gasteiger partial charge in [-0.3, -0.25) is 9.67 Å². The van der Waals surface area contributed by atoms with Crippen LogP contribution in [0.2, 0.25) is 0 Å². The van der Waals surface area contributed by atoms with Crippen LogP contribution < -0.4 is 11.3 Å². The van der Waals surface area contributed by atoms with E-state index in [0.29, 0.717) is 12.4 Å². The summed E-state index contributed by atoms with van der Waals surface area (Å²) in [6, 6.07) is 1.99. The van der Waals surface area contributed by atoms with Crippen LogP contribution in [-0.4, -0.2) is 22.2 Å². The standard InChI is InChI=1S/C9H17N5/c1-4-7-6-8(14(3)13-7)9(12-10)11-5-2/h6H,4-5,10H2,1-3H3,(H,11,12). The highest BCUT2D eigenvalue weighted by atomic mass is 15.3. The molecule has 0 unspecified atom stereocenters. The Morgan fingerprint density at radius 3 is 2.79 bits per heavy atom. The molecule has 5 heteroatoms. The Hall–Kier alpha value is -1.36. The van der Waals surface area contributed by atoms with Crippen LogP contribution in [0, 0.1) is 0 Å². The first-order valence-corrected chi connectivity index (χ1v) is 4.77. The minimum atomic E-state index is 0.683. The molecule has 0 aliphatic carbocycles. The van der Waals surface area contributed by atoms with E-state index in [1.165, 1.54) is 0 Å². The molecule has 3 N–H and O–H groups in total. The molecule has 0 fully saturated rings. The predicted octanol–water partition coefficient (Wildman–Crippen LogP) is 0.212. The van der Waals surface area contributed by atoms with Crippen LogP contribution in [0.3, 0.4) is 0 Å². The molecule has 0 aliphatic rings. The first kappa shape index (κ1) is 10.7. The Kier molecular flexibility index (Phi) is 3.64. The first-order chi connectivity index (χ1) is 6.72. The van der Waals surface area contributed by atoms with Crippen LogP contribution in [-0.2, 0) is 13.5 Å².